The van der Waals surface area contributed by atoms with Crippen LogP contribution in [0, 0.1) is 20.8 Å². The molecule has 0 bridgehead atoms. The smallest absolute Gasteiger partial charge is 0.282 e. The van der Waals surface area contributed by atoms with Gasteiger partial charge in [-0.2, -0.15) is 12.8 Å². The molecule has 4 rings (SSSR count). The minimum atomic E-state index is -4.01. The molecular formula is C26H24N2O4S. The average Bonchev–Trinajstić information content (AvgIpc) is 2.79. The third-order valence-electron chi connectivity index (χ3n) is 5.49. The maximum atomic E-state index is 13.2. The molecule has 33 heavy (non-hydrogen) atoms. The molecule has 6 nitrogen and oxygen atoms in total. The summed E-state index contributed by atoms with van der Waals surface area (Å²) in [5, 5.41) is 3.23. The Hall–Kier alpha value is -3.71. The Kier molecular flexibility index (Phi) is 5.91. The number of carbonyl (C=O) groups excluding carboxylic acids is 1. The van der Waals surface area contributed by atoms with Crippen molar-refractivity contribution in [1.82, 2.24) is 0 Å². The van der Waals surface area contributed by atoms with Crippen molar-refractivity contribution in [2.75, 3.05) is 12.4 Å². The number of allylic oxidation sites excluding steroid dienone is 2. The van der Waals surface area contributed by atoms with E-state index in [1.54, 1.807) is 36.4 Å². The summed E-state index contributed by atoms with van der Waals surface area (Å²) in [4.78, 5) is 13.3. The fraction of sp³-hybridized carbons (Fsp3) is 0.154. The number of methoxy groups -OCH3 is 1. The van der Waals surface area contributed by atoms with E-state index in [1.807, 2.05) is 32.9 Å². The minimum Gasteiger partial charge on any atom is -0.497 e. The molecule has 7 heteroatoms. The van der Waals surface area contributed by atoms with E-state index in [-0.39, 0.29) is 22.1 Å². The molecule has 0 atom stereocenters. The maximum Gasteiger partial charge on any atom is 0.282 e. The lowest BCUT2D eigenvalue weighted by Crippen LogP contribution is -2.23. The molecule has 3 aromatic carbocycles. The Balaban J connectivity index is 1.82. The van der Waals surface area contributed by atoms with Gasteiger partial charge in [0, 0.05) is 16.8 Å². The number of nitrogens with one attached hydrogen (secondary N) is 1. The molecule has 3 aromatic rings. The number of hydrogen-bond acceptors (Lipinski definition) is 5. The number of hydrogen-bond donors (Lipinski definition) is 1. The van der Waals surface area contributed by atoms with E-state index in [0.717, 1.165) is 22.4 Å². The number of rotatable bonds is 5. The van der Waals surface area contributed by atoms with Crippen molar-refractivity contribution < 1.29 is 17.9 Å². The van der Waals surface area contributed by atoms with Crippen LogP contribution in [0.2, 0.25) is 0 Å². The number of carbonyl (C=O) groups is 1. The molecule has 1 N–H and O–H groups in total. The number of fused-ring (bicyclic) bond motifs is 1. The van der Waals surface area contributed by atoms with Crippen molar-refractivity contribution in [3.05, 3.63) is 100 Å². The van der Waals surface area contributed by atoms with Crippen LogP contribution in [-0.2, 0) is 10.0 Å². The Morgan fingerprint density at radius 2 is 1.48 bits per heavy atom. The van der Waals surface area contributed by atoms with Gasteiger partial charge in [0.2, 0.25) is 5.78 Å². The second-order valence-corrected chi connectivity index (χ2v) is 9.56. The van der Waals surface area contributed by atoms with Crippen molar-refractivity contribution in [2.45, 2.75) is 25.7 Å². The monoisotopic (exact) mass is 460 g/mol. The fourth-order valence-electron chi connectivity index (χ4n) is 3.94. The normalized spacial score (nSPS) is 14.6. The van der Waals surface area contributed by atoms with E-state index >= 15 is 0 Å². The van der Waals surface area contributed by atoms with Gasteiger partial charge < -0.3 is 10.1 Å². The number of ether oxygens (including phenoxy) is 1. The highest BCUT2D eigenvalue weighted by Gasteiger charge is 2.26. The Morgan fingerprint density at radius 1 is 0.879 bits per heavy atom. The minimum absolute atomic E-state index is 0.0401. The standard InChI is InChI=1S/C26H24N2O4S/c1-16-13-17(2)25(18(3)14-16)27-24-15-23(21-7-5-6-8-22(21)26(24)29)28-33(30,31)20-11-9-19(32-4)10-12-20/h5-15,27H,1-4H3/b28-23-. The van der Waals surface area contributed by atoms with Crippen molar-refractivity contribution in [2.24, 2.45) is 4.40 Å². The zero-order valence-corrected chi connectivity index (χ0v) is 19.7. The van der Waals surface area contributed by atoms with Gasteiger partial charge >= 0.3 is 0 Å². The second-order valence-electron chi connectivity index (χ2n) is 7.96. The first-order chi connectivity index (χ1) is 15.7. The Labute approximate surface area is 193 Å². The SMILES string of the molecule is COc1ccc(S(=O)(=O)/N=C2/C=C(Nc3c(C)cc(C)cc3C)C(=O)c3ccccc32)cc1. The summed E-state index contributed by atoms with van der Waals surface area (Å²) >= 11 is 0. The molecule has 0 radical (unpaired) electrons. The summed E-state index contributed by atoms with van der Waals surface area (Å²) in [5.41, 5.74) is 5.26. The molecule has 0 saturated heterocycles. The van der Waals surface area contributed by atoms with Crippen LogP contribution in [0.3, 0.4) is 0 Å². The number of anilines is 1. The van der Waals surface area contributed by atoms with Crippen LogP contribution in [0.4, 0.5) is 5.69 Å². The van der Waals surface area contributed by atoms with Crippen LogP contribution in [0.5, 0.6) is 5.75 Å². The number of ketones is 1. The molecule has 0 aromatic heterocycles. The van der Waals surface area contributed by atoms with E-state index in [2.05, 4.69) is 9.71 Å². The van der Waals surface area contributed by atoms with E-state index in [0.29, 0.717) is 16.9 Å². The molecule has 1 aliphatic rings. The highest BCUT2D eigenvalue weighted by atomic mass is 32.2. The summed E-state index contributed by atoms with van der Waals surface area (Å²) in [5.74, 6) is 0.330. The highest BCUT2D eigenvalue weighted by Crippen LogP contribution is 2.28. The molecule has 168 valence electrons. The molecule has 1 aliphatic carbocycles. The van der Waals surface area contributed by atoms with Crippen LogP contribution in [0.1, 0.15) is 32.6 Å². The van der Waals surface area contributed by atoms with Crippen molar-refractivity contribution in [1.29, 1.82) is 0 Å². The number of Topliss-reactive ketones (excluding diaryl/α,β-unsaturated/α-hetero) is 1. The lowest BCUT2D eigenvalue weighted by molar-refractivity contribution is 0.103. The summed E-state index contributed by atoms with van der Waals surface area (Å²) in [6, 6.07) is 17.0. The van der Waals surface area contributed by atoms with Gasteiger partial charge in [0.25, 0.3) is 10.0 Å². The van der Waals surface area contributed by atoms with E-state index < -0.39 is 10.0 Å². The fourth-order valence-corrected chi connectivity index (χ4v) is 4.94. The molecule has 0 amide bonds. The topological polar surface area (TPSA) is 84.8 Å². The lowest BCUT2D eigenvalue weighted by Gasteiger charge is -2.21. The van der Waals surface area contributed by atoms with Gasteiger partial charge in [0.15, 0.2) is 0 Å². The third kappa shape index (κ3) is 4.45. The summed E-state index contributed by atoms with van der Waals surface area (Å²) in [6.45, 7) is 5.94. The van der Waals surface area contributed by atoms with Crippen LogP contribution >= 0.6 is 0 Å². The van der Waals surface area contributed by atoms with Crippen LogP contribution < -0.4 is 10.1 Å². The number of sulfonamides is 1. The number of benzene rings is 3. The van der Waals surface area contributed by atoms with Gasteiger partial charge in [-0.1, -0.05) is 42.0 Å². The molecular weight excluding hydrogens is 436 g/mol. The molecule has 0 spiro atoms. The molecule has 0 unspecified atom stereocenters. The zero-order valence-electron chi connectivity index (χ0n) is 18.8. The Bertz CT molecular complexity index is 1400. The van der Waals surface area contributed by atoms with Gasteiger partial charge in [-0.25, -0.2) is 0 Å². The largest absolute Gasteiger partial charge is 0.497 e. The van der Waals surface area contributed by atoms with Crippen LogP contribution in [0.15, 0.2) is 81.7 Å². The average molecular weight is 461 g/mol. The van der Waals surface area contributed by atoms with Gasteiger partial charge in [0.1, 0.15) is 5.75 Å². The maximum absolute atomic E-state index is 13.2. The van der Waals surface area contributed by atoms with Crippen molar-refractivity contribution >= 4 is 27.2 Å². The van der Waals surface area contributed by atoms with Gasteiger partial charge in [-0.3, -0.25) is 4.79 Å². The third-order valence-corrected chi connectivity index (χ3v) is 6.79. The zero-order chi connectivity index (χ0) is 23.8. The van der Waals surface area contributed by atoms with Crippen LogP contribution in [-0.4, -0.2) is 27.0 Å². The molecule has 0 fully saturated rings. The van der Waals surface area contributed by atoms with Crippen molar-refractivity contribution in [3.63, 3.8) is 0 Å². The van der Waals surface area contributed by atoms with E-state index in [1.165, 1.54) is 25.3 Å². The van der Waals surface area contributed by atoms with Gasteiger partial charge in [0.05, 0.1) is 23.4 Å². The van der Waals surface area contributed by atoms with Gasteiger partial charge in [-0.15, -0.1) is 0 Å². The first-order valence-electron chi connectivity index (χ1n) is 10.4. The predicted octanol–water partition coefficient (Wildman–Crippen LogP) is 4.99. The number of nitrogens with zero attached hydrogens (tertiary/aromatic N) is 1. The first-order valence-corrected chi connectivity index (χ1v) is 11.8. The Morgan fingerprint density at radius 3 is 2.09 bits per heavy atom. The molecule has 0 heterocycles. The first kappa shape index (κ1) is 22.5. The lowest BCUT2D eigenvalue weighted by atomic mass is 9.92. The summed E-state index contributed by atoms with van der Waals surface area (Å²) in [7, 11) is -2.50. The quantitative estimate of drug-likeness (QED) is 0.580. The molecule has 0 saturated carbocycles. The molecule has 0 aliphatic heterocycles. The van der Waals surface area contributed by atoms with E-state index in [9.17, 15) is 13.2 Å². The van der Waals surface area contributed by atoms with Crippen molar-refractivity contribution in [3.8, 4) is 5.75 Å². The van der Waals surface area contributed by atoms with Crippen LogP contribution in [0.25, 0.3) is 0 Å². The predicted molar refractivity (Wildman–Crippen MR) is 130 cm³/mol. The number of aryl methyl sites for hydroxylation is 3. The van der Waals surface area contributed by atoms with E-state index in [4.69, 9.17) is 4.74 Å². The summed E-state index contributed by atoms with van der Waals surface area (Å²) in [6.07, 6.45) is 1.50. The van der Waals surface area contributed by atoms with Gasteiger partial charge in [-0.05, 0) is 62.2 Å². The second kappa shape index (κ2) is 8.67. The highest BCUT2D eigenvalue weighted by molar-refractivity contribution is 7.90. The summed E-state index contributed by atoms with van der Waals surface area (Å²) < 4.78 is 35.3.